The molecule has 1 aromatic heterocycles. The van der Waals surface area contributed by atoms with Gasteiger partial charge < -0.3 is 20.5 Å². The summed E-state index contributed by atoms with van der Waals surface area (Å²) in [5.74, 6) is 1.50. The molecule has 0 aliphatic heterocycles. The van der Waals surface area contributed by atoms with Crippen LogP contribution in [0.3, 0.4) is 0 Å². The lowest BCUT2D eigenvalue weighted by atomic mass is 10.2. The van der Waals surface area contributed by atoms with Crippen LogP contribution < -0.4 is 25.2 Å². The molecule has 0 bridgehead atoms. The molecular formula is C17H25IN4O4S2. The number of rotatable bonds is 9. The number of aryl methyl sites for hydroxylation is 1. The topological polar surface area (TPSA) is 115 Å². The second-order valence-corrected chi connectivity index (χ2v) is 8.86. The fraction of sp³-hybridized carbons (Fsp3) is 0.353. The molecule has 8 nitrogen and oxygen atoms in total. The van der Waals surface area contributed by atoms with Gasteiger partial charge in [0.1, 0.15) is 4.21 Å². The molecule has 0 saturated heterocycles. The molecule has 0 atom stereocenters. The van der Waals surface area contributed by atoms with Gasteiger partial charge in [-0.1, -0.05) is 6.07 Å². The van der Waals surface area contributed by atoms with Crippen molar-refractivity contribution in [2.24, 2.45) is 10.7 Å². The van der Waals surface area contributed by atoms with E-state index < -0.39 is 10.0 Å². The molecule has 0 spiro atoms. The van der Waals surface area contributed by atoms with E-state index in [2.05, 4.69) is 15.0 Å². The summed E-state index contributed by atoms with van der Waals surface area (Å²) >= 11 is 1.23. The summed E-state index contributed by atoms with van der Waals surface area (Å²) in [7, 11) is -0.341. The van der Waals surface area contributed by atoms with Crippen LogP contribution in [0.4, 0.5) is 0 Å². The van der Waals surface area contributed by atoms with Crippen molar-refractivity contribution in [2.75, 3.05) is 27.3 Å². The molecule has 0 saturated carbocycles. The molecule has 4 N–H and O–H groups in total. The first-order valence-electron chi connectivity index (χ1n) is 8.16. The maximum absolute atomic E-state index is 12.1. The molecule has 2 aromatic rings. The molecule has 28 heavy (non-hydrogen) atoms. The van der Waals surface area contributed by atoms with Crippen LogP contribution in [0.2, 0.25) is 0 Å². The Labute approximate surface area is 186 Å². The van der Waals surface area contributed by atoms with E-state index in [1.165, 1.54) is 11.3 Å². The lowest BCUT2D eigenvalue weighted by Crippen LogP contribution is -2.38. The van der Waals surface area contributed by atoms with Crippen LogP contribution >= 0.6 is 35.3 Å². The Hall–Kier alpha value is -1.57. The summed E-state index contributed by atoms with van der Waals surface area (Å²) in [6, 6.07) is 8.86. The van der Waals surface area contributed by atoms with Gasteiger partial charge in [0.25, 0.3) is 0 Å². The van der Waals surface area contributed by atoms with Crippen molar-refractivity contribution in [3.63, 3.8) is 0 Å². The number of thiophene rings is 1. The summed E-state index contributed by atoms with van der Waals surface area (Å²) in [6.45, 7) is 2.75. The van der Waals surface area contributed by atoms with Gasteiger partial charge in [0, 0.05) is 18.0 Å². The lowest BCUT2D eigenvalue weighted by molar-refractivity contribution is 0.354. The highest BCUT2D eigenvalue weighted by atomic mass is 127. The molecule has 0 aliphatic rings. The second-order valence-electron chi connectivity index (χ2n) is 5.58. The lowest BCUT2D eigenvalue weighted by Gasteiger charge is -2.09. The van der Waals surface area contributed by atoms with Crippen molar-refractivity contribution in [1.82, 2.24) is 10.0 Å². The highest BCUT2D eigenvalue weighted by molar-refractivity contribution is 14.0. The third-order valence-electron chi connectivity index (χ3n) is 3.58. The minimum Gasteiger partial charge on any atom is -0.493 e. The summed E-state index contributed by atoms with van der Waals surface area (Å²) < 4.78 is 37.5. The van der Waals surface area contributed by atoms with Gasteiger partial charge in [0.05, 0.1) is 20.8 Å². The fourth-order valence-electron chi connectivity index (χ4n) is 2.21. The highest BCUT2D eigenvalue weighted by Crippen LogP contribution is 2.27. The van der Waals surface area contributed by atoms with Gasteiger partial charge in [-0.25, -0.2) is 18.1 Å². The summed E-state index contributed by atoms with van der Waals surface area (Å²) in [4.78, 5) is 5.18. The van der Waals surface area contributed by atoms with E-state index in [0.29, 0.717) is 28.8 Å². The van der Waals surface area contributed by atoms with Crippen molar-refractivity contribution in [3.05, 3.63) is 40.8 Å². The zero-order chi connectivity index (χ0) is 19.9. The van der Waals surface area contributed by atoms with E-state index in [-0.39, 0.29) is 36.5 Å². The van der Waals surface area contributed by atoms with Crippen LogP contribution in [0.1, 0.15) is 10.4 Å². The van der Waals surface area contributed by atoms with Crippen molar-refractivity contribution in [1.29, 1.82) is 0 Å². The smallest absolute Gasteiger partial charge is 0.250 e. The van der Waals surface area contributed by atoms with E-state index in [4.69, 9.17) is 15.2 Å². The zero-order valence-corrected chi connectivity index (χ0v) is 19.9. The number of benzene rings is 1. The molecule has 156 valence electrons. The summed E-state index contributed by atoms with van der Waals surface area (Å²) in [5, 5.41) is 2.88. The standard InChI is InChI=1S/C17H24N4O4S2.HI/c1-12-4-7-16(26-12)27(22,23)21-9-8-19-17(18)20-11-13-5-6-14(24-2)15(10-13)25-3;/h4-7,10,21H,8-9,11H2,1-3H3,(H3,18,19,20);1H. The minimum atomic E-state index is -3.48. The molecule has 0 unspecified atom stereocenters. The van der Waals surface area contributed by atoms with Gasteiger partial charge in [-0.05, 0) is 36.8 Å². The molecule has 0 aliphatic carbocycles. The van der Waals surface area contributed by atoms with Crippen molar-refractivity contribution in [2.45, 2.75) is 17.7 Å². The number of aliphatic imine (C=N–C) groups is 1. The van der Waals surface area contributed by atoms with Crippen LogP contribution in [-0.2, 0) is 16.6 Å². The average Bonchev–Trinajstić information content (AvgIpc) is 3.10. The van der Waals surface area contributed by atoms with Gasteiger partial charge in [0.15, 0.2) is 17.5 Å². The average molecular weight is 540 g/mol. The Morgan fingerprint density at radius 2 is 1.86 bits per heavy atom. The SMILES string of the molecule is COc1ccc(CN=C(N)NCCNS(=O)(=O)c2ccc(C)s2)cc1OC.I. The fourth-order valence-corrected chi connectivity index (χ4v) is 4.57. The van der Waals surface area contributed by atoms with Gasteiger partial charge in [-0.15, -0.1) is 35.3 Å². The quantitative estimate of drug-likeness (QED) is 0.194. The predicted octanol–water partition coefficient (Wildman–Crippen LogP) is 2.07. The number of halogens is 1. The molecule has 11 heteroatoms. The first-order chi connectivity index (χ1) is 12.9. The van der Waals surface area contributed by atoms with Gasteiger partial charge in [0.2, 0.25) is 10.0 Å². The number of methoxy groups -OCH3 is 2. The van der Waals surface area contributed by atoms with Crippen molar-refractivity contribution < 1.29 is 17.9 Å². The third-order valence-corrected chi connectivity index (χ3v) is 6.54. The Morgan fingerprint density at radius 3 is 2.46 bits per heavy atom. The molecule has 0 radical (unpaired) electrons. The Bertz CT molecular complexity index is 900. The Kier molecular flexibility index (Phi) is 9.99. The molecular weight excluding hydrogens is 515 g/mol. The zero-order valence-electron chi connectivity index (χ0n) is 15.9. The number of nitrogens with one attached hydrogen (secondary N) is 2. The maximum Gasteiger partial charge on any atom is 0.250 e. The second kappa shape index (κ2) is 11.4. The predicted molar refractivity (Wildman–Crippen MR) is 123 cm³/mol. The van der Waals surface area contributed by atoms with Crippen LogP contribution in [0, 0.1) is 6.92 Å². The van der Waals surface area contributed by atoms with E-state index in [1.807, 2.05) is 19.1 Å². The Morgan fingerprint density at radius 1 is 1.14 bits per heavy atom. The van der Waals surface area contributed by atoms with Gasteiger partial charge >= 0.3 is 0 Å². The maximum atomic E-state index is 12.1. The monoisotopic (exact) mass is 540 g/mol. The van der Waals surface area contributed by atoms with Crippen LogP contribution in [0.15, 0.2) is 39.5 Å². The van der Waals surface area contributed by atoms with E-state index in [0.717, 1.165) is 10.4 Å². The van der Waals surface area contributed by atoms with E-state index >= 15 is 0 Å². The van der Waals surface area contributed by atoms with Gasteiger partial charge in [-0.3, -0.25) is 0 Å². The number of sulfonamides is 1. The highest BCUT2D eigenvalue weighted by Gasteiger charge is 2.15. The van der Waals surface area contributed by atoms with Crippen LogP contribution in [0.5, 0.6) is 11.5 Å². The van der Waals surface area contributed by atoms with E-state index in [1.54, 1.807) is 32.4 Å². The Balaban J connectivity index is 0.00000392. The molecule has 2 rings (SSSR count). The molecule has 1 aromatic carbocycles. The third kappa shape index (κ3) is 7.11. The van der Waals surface area contributed by atoms with E-state index in [9.17, 15) is 8.42 Å². The molecule has 0 fully saturated rings. The van der Waals surface area contributed by atoms with Crippen molar-refractivity contribution >= 4 is 51.3 Å². The van der Waals surface area contributed by atoms with Crippen molar-refractivity contribution in [3.8, 4) is 11.5 Å². The molecule has 0 amide bonds. The normalized spacial score (nSPS) is 11.6. The number of ether oxygens (including phenoxy) is 2. The molecule has 1 heterocycles. The number of guanidine groups is 1. The first-order valence-corrected chi connectivity index (χ1v) is 10.5. The van der Waals surface area contributed by atoms with Crippen LogP contribution in [0.25, 0.3) is 0 Å². The number of hydrogen-bond acceptors (Lipinski definition) is 6. The van der Waals surface area contributed by atoms with Crippen LogP contribution in [-0.4, -0.2) is 41.7 Å². The summed E-state index contributed by atoms with van der Waals surface area (Å²) in [5.41, 5.74) is 6.73. The number of hydrogen-bond donors (Lipinski definition) is 3. The van der Waals surface area contributed by atoms with Gasteiger partial charge in [-0.2, -0.15) is 0 Å². The number of nitrogens with zero attached hydrogens (tertiary/aromatic N) is 1. The first kappa shape index (κ1) is 24.5. The minimum absolute atomic E-state index is 0. The largest absolute Gasteiger partial charge is 0.493 e. The summed E-state index contributed by atoms with van der Waals surface area (Å²) in [6.07, 6.45) is 0. The number of nitrogens with two attached hydrogens (primary N) is 1.